The van der Waals surface area contributed by atoms with Crippen molar-refractivity contribution in [2.75, 3.05) is 10.6 Å². The Morgan fingerprint density at radius 2 is 1.74 bits per heavy atom. The number of nitrogens with zero attached hydrogens (tertiary/aromatic N) is 1. The number of fused-ring (bicyclic) bond motifs is 1. The van der Waals surface area contributed by atoms with E-state index in [4.69, 9.17) is 5.73 Å². The molecule has 0 unspecified atom stereocenters. The van der Waals surface area contributed by atoms with Crippen LogP contribution in [-0.4, -0.2) is 10.8 Å². The Bertz CT molecular complexity index is 1160. The lowest BCUT2D eigenvalue weighted by atomic mass is 9.99. The molecule has 0 radical (unpaired) electrons. The monoisotopic (exact) mass is 436 g/mol. The molecule has 1 aliphatic heterocycles. The van der Waals surface area contributed by atoms with Crippen LogP contribution < -0.4 is 16.4 Å². The standard InChI is InChI=1S/C23H20N4O3.ClH/c1-14(24)15-7-9-17(10-8-15)25-22(16-5-3-2-4-6-16)21-19-13-18(27(29)30)11-12-20(19)26-23(21)28;/h2-14,25H,24H2,1H3,(H,26,28);1H/b22-21-;/t14-;/m1./s1. The molecule has 1 atom stereocenters. The summed E-state index contributed by atoms with van der Waals surface area (Å²) in [6.07, 6.45) is 0. The number of nitro groups is 1. The number of rotatable bonds is 5. The minimum absolute atomic E-state index is 0. The van der Waals surface area contributed by atoms with Gasteiger partial charge >= 0.3 is 0 Å². The van der Waals surface area contributed by atoms with E-state index in [-0.39, 0.29) is 30.0 Å². The number of amides is 1. The number of nitro benzene ring substituents is 1. The van der Waals surface area contributed by atoms with Gasteiger partial charge < -0.3 is 16.4 Å². The molecular weight excluding hydrogens is 416 g/mol. The molecule has 31 heavy (non-hydrogen) atoms. The van der Waals surface area contributed by atoms with E-state index in [1.807, 2.05) is 61.5 Å². The molecule has 7 nitrogen and oxygen atoms in total. The number of carbonyl (C=O) groups excluding carboxylic acids is 1. The number of anilines is 2. The lowest BCUT2D eigenvalue weighted by Gasteiger charge is -2.15. The zero-order valence-corrected chi connectivity index (χ0v) is 17.5. The summed E-state index contributed by atoms with van der Waals surface area (Å²) in [6, 6.07) is 21.3. The number of non-ortho nitro benzene ring substituents is 1. The predicted molar refractivity (Wildman–Crippen MR) is 125 cm³/mol. The molecule has 0 fully saturated rings. The van der Waals surface area contributed by atoms with E-state index < -0.39 is 4.92 Å². The summed E-state index contributed by atoms with van der Waals surface area (Å²) in [7, 11) is 0. The van der Waals surface area contributed by atoms with E-state index >= 15 is 0 Å². The fourth-order valence-electron chi connectivity index (χ4n) is 3.42. The second-order valence-electron chi connectivity index (χ2n) is 7.09. The maximum absolute atomic E-state index is 12.9. The fraction of sp³-hybridized carbons (Fsp3) is 0.0870. The van der Waals surface area contributed by atoms with Crippen molar-refractivity contribution >= 4 is 46.6 Å². The molecule has 0 aromatic heterocycles. The highest BCUT2D eigenvalue weighted by Crippen LogP contribution is 2.39. The van der Waals surface area contributed by atoms with Crippen LogP contribution in [-0.2, 0) is 4.79 Å². The zero-order valence-electron chi connectivity index (χ0n) is 16.7. The summed E-state index contributed by atoms with van der Waals surface area (Å²) in [5.41, 5.74) is 10.4. The highest BCUT2D eigenvalue weighted by molar-refractivity contribution is 6.37. The molecule has 3 aromatic carbocycles. The Morgan fingerprint density at radius 3 is 2.35 bits per heavy atom. The van der Waals surface area contributed by atoms with Crippen molar-refractivity contribution in [3.63, 3.8) is 0 Å². The van der Waals surface area contributed by atoms with Gasteiger partial charge in [0.1, 0.15) is 0 Å². The largest absolute Gasteiger partial charge is 0.354 e. The minimum Gasteiger partial charge on any atom is -0.354 e. The number of hydrogen-bond donors (Lipinski definition) is 3. The van der Waals surface area contributed by atoms with Crippen molar-refractivity contribution in [3.05, 3.63) is 99.6 Å². The van der Waals surface area contributed by atoms with Gasteiger partial charge in [0, 0.05) is 35.1 Å². The molecule has 0 aliphatic carbocycles. The van der Waals surface area contributed by atoms with Gasteiger partial charge in [0.05, 0.1) is 16.2 Å². The molecule has 1 amide bonds. The van der Waals surface area contributed by atoms with Gasteiger partial charge in [0.2, 0.25) is 0 Å². The third-order valence-electron chi connectivity index (χ3n) is 4.98. The van der Waals surface area contributed by atoms with Crippen LogP contribution in [0.4, 0.5) is 17.1 Å². The smallest absolute Gasteiger partial charge is 0.270 e. The average Bonchev–Trinajstić information content (AvgIpc) is 3.07. The van der Waals surface area contributed by atoms with Crippen LogP contribution in [0.3, 0.4) is 0 Å². The molecule has 4 rings (SSSR count). The first-order chi connectivity index (χ1) is 14.4. The Morgan fingerprint density at radius 1 is 1.06 bits per heavy atom. The summed E-state index contributed by atoms with van der Waals surface area (Å²) >= 11 is 0. The van der Waals surface area contributed by atoms with E-state index in [9.17, 15) is 14.9 Å². The molecule has 0 saturated heterocycles. The van der Waals surface area contributed by atoms with E-state index in [0.29, 0.717) is 22.5 Å². The minimum atomic E-state index is -0.469. The third-order valence-corrected chi connectivity index (χ3v) is 4.98. The summed E-state index contributed by atoms with van der Waals surface area (Å²) in [5, 5.41) is 17.4. The predicted octanol–water partition coefficient (Wildman–Crippen LogP) is 4.97. The molecule has 0 bridgehead atoms. The highest BCUT2D eigenvalue weighted by Gasteiger charge is 2.30. The van der Waals surface area contributed by atoms with Gasteiger partial charge in [-0.15, -0.1) is 12.4 Å². The second-order valence-corrected chi connectivity index (χ2v) is 7.09. The van der Waals surface area contributed by atoms with Crippen LogP contribution in [0.5, 0.6) is 0 Å². The summed E-state index contributed by atoms with van der Waals surface area (Å²) < 4.78 is 0. The normalized spacial score (nSPS) is 14.7. The van der Waals surface area contributed by atoms with Crippen molar-refractivity contribution in [2.24, 2.45) is 5.73 Å². The van der Waals surface area contributed by atoms with Crippen LogP contribution in [0.15, 0.2) is 72.8 Å². The van der Waals surface area contributed by atoms with E-state index in [1.165, 1.54) is 12.1 Å². The number of halogens is 1. The molecule has 3 aromatic rings. The number of hydrogen-bond acceptors (Lipinski definition) is 5. The van der Waals surface area contributed by atoms with Gasteiger partial charge in [0.25, 0.3) is 11.6 Å². The zero-order chi connectivity index (χ0) is 21.3. The van der Waals surface area contributed by atoms with Crippen molar-refractivity contribution in [3.8, 4) is 0 Å². The summed E-state index contributed by atoms with van der Waals surface area (Å²) in [6.45, 7) is 1.91. The lowest BCUT2D eigenvalue weighted by Crippen LogP contribution is -2.10. The SMILES string of the molecule is C[C@@H](N)c1ccc(N/C(=C2\C(=O)Nc3ccc([N+](=O)[O-])cc32)c2ccccc2)cc1.Cl. The number of nitrogens with two attached hydrogens (primary N) is 1. The van der Waals surface area contributed by atoms with Gasteiger partial charge in [-0.1, -0.05) is 42.5 Å². The quantitative estimate of drug-likeness (QED) is 0.297. The summed E-state index contributed by atoms with van der Waals surface area (Å²) in [4.78, 5) is 23.7. The first kappa shape index (κ1) is 22.0. The lowest BCUT2D eigenvalue weighted by molar-refractivity contribution is -0.384. The van der Waals surface area contributed by atoms with Crippen molar-refractivity contribution < 1.29 is 9.72 Å². The first-order valence-corrected chi connectivity index (χ1v) is 9.46. The van der Waals surface area contributed by atoms with Crippen LogP contribution in [0.2, 0.25) is 0 Å². The average molecular weight is 437 g/mol. The number of benzene rings is 3. The van der Waals surface area contributed by atoms with Gasteiger partial charge in [-0.25, -0.2) is 0 Å². The number of carbonyl (C=O) groups is 1. The van der Waals surface area contributed by atoms with Crippen molar-refractivity contribution in [2.45, 2.75) is 13.0 Å². The fourth-order valence-corrected chi connectivity index (χ4v) is 3.42. The molecule has 1 aliphatic rings. The molecular formula is C23H21ClN4O3. The Hall–Kier alpha value is -3.68. The Balaban J connectivity index is 0.00000272. The van der Waals surface area contributed by atoms with E-state index in [1.54, 1.807) is 6.07 Å². The number of nitrogens with one attached hydrogen (secondary N) is 2. The molecule has 158 valence electrons. The second kappa shape index (κ2) is 8.99. The molecule has 8 heteroatoms. The van der Waals surface area contributed by atoms with Gasteiger partial charge in [-0.3, -0.25) is 14.9 Å². The van der Waals surface area contributed by atoms with E-state index in [2.05, 4.69) is 10.6 Å². The molecule has 1 heterocycles. The van der Waals surface area contributed by atoms with Crippen LogP contribution >= 0.6 is 12.4 Å². The molecule has 0 spiro atoms. The topological polar surface area (TPSA) is 110 Å². The van der Waals surface area contributed by atoms with Crippen molar-refractivity contribution in [1.82, 2.24) is 0 Å². The summed E-state index contributed by atoms with van der Waals surface area (Å²) in [5.74, 6) is -0.316. The first-order valence-electron chi connectivity index (χ1n) is 9.46. The van der Waals surface area contributed by atoms with E-state index in [0.717, 1.165) is 16.8 Å². The van der Waals surface area contributed by atoms with Crippen LogP contribution in [0.25, 0.3) is 11.3 Å². The maximum Gasteiger partial charge on any atom is 0.270 e. The van der Waals surface area contributed by atoms with Gasteiger partial charge in [-0.05, 0) is 36.2 Å². The Kier molecular flexibility index (Phi) is 6.39. The van der Waals surface area contributed by atoms with Crippen LogP contribution in [0, 0.1) is 10.1 Å². The van der Waals surface area contributed by atoms with Crippen molar-refractivity contribution in [1.29, 1.82) is 0 Å². The maximum atomic E-state index is 12.9. The van der Waals surface area contributed by atoms with Gasteiger partial charge in [-0.2, -0.15) is 0 Å². The van der Waals surface area contributed by atoms with Crippen LogP contribution in [0.1, 0.15) is 29.7 Å². The van der Waals surface area contributed by atoms with Gasteiger partial charge in [0.15, 0.2) is 0 Å². The molecule has 4 N–H and O–H groups in total. The highest BCUT2D eigenvalue weighted by atomic mass is 35.5. The Labute approximate surface area is 185 Å². The molecule has 0 saturated carbocycles. The third kappa shape index (κ3) is 4.42.